The molecule has 15 heavy (non-hydrogen) atoms. The second-order valence-corrected chi connectivity index (χ2v) is 5.32. The van der Waals surface area contributed by atoms with Gasteiger partial charge in [-0.1, -0.05) is 20.3 Å². The molecule has 1 heterocycles. The molecule has 0 atom stereocenters. The molecule has 0 bridgehead atoms. The van der Waals surface area contributed by atoms with Crippen LogP contribution in [-0.2, 0) is 6.42 Å². The highest BCUT2D eigenvalue weighted by atomic mass is 32.1. The zero-order valence-electron chi connectivity index (χ0n) is 9.96. The molecule has 0 aliphatic rings. The van der Waals surface area contributed by atoms with Crippen molar-refractivity contribution in [2.24, 2.45) is 5.92 Å². The predicted molar refractivity (Wildman–Crippen MR) is 69.6 cm³/mol. The smallest absolute Gasteiger partial charge is 0.00258 e. The highest BCUT2D eigenvalue weighted by Gasteiger charge is 1.95. The number of nitrogens with one attached hydrogen (secondary N) is 1. The quantitative estimate of drug-likeness (QED) is 0.665. The lowest BCUT2D eigenvalue weighted by Crippen LogP contribution is -2.20. The van der Waals surface area contributed by atoms with E-state index < -0.39 is 0 Å². The molecule has 0 aliphatic heterocycles. The van der Waals surface area contributed by atoms with Crippen LogP contribution in [0.25, 0.3) is 0 Å². The summed E-state index contributed by atoms with van der Waals surface area (Å²) in [5, 5.41) is 7.91. The fourth-order valence-electron chi connectivity index (χ4n) is 1.58. The van der Waals surface area contributed by atoms with Crippen LogP contribution in [0.1, 0.15) is 38.7 Å². The standard InChI is InChI=1S/C13H23NS/c1-12(2)10-14-8-5-3-4-6-13-7-9-15-11-13/h7,9,11-12,14H,3-6,8,10H2,1-2H3. The third kappa shape index (κ3) is 6.69. The van der Waals surface area contributed by atoms with Crippen molar-refractivity contribution in [3.8, 4) is 0 Å². The van der Waals surface area contributed by atoms with Gasteiger partial charge in [-0.05, 0) is 60.7 Å². The summed E-state index contributed by atoms with van der Waals surface area (Å²) in [5.41, 5.74) is 1.51. The Balaban J connectivity index is 1.85. The Morgan fingerprint density at radius 2 is 2.13 bits per heavy atom. The third-order valence-electron chi connectivity index (χ3n) is 2.45. The normalized spacial score (nSPS) is 11.1. The molecular formula is C13H23NS. The van der Waals surface area contributed by atoms with E-state index in [2.05, 4.69) is 36.0 Å². The van der Waals surface area contributed by atoms with Crippen molar-refractivity contribution in [1.82, 2.24) is 5.32 Å². The number of hydrogen-bond donors (Lipinski definition) is 1. The molecular weight excluding hydrogens is 202 g/mol. The van der Waals surface area contributed by atoms with Crippen molar-refractivity contribution >= 4 is 11.3 Å². The second-order valence-electron chi connectivity index (χ2n) is 4.54. The molecule has 0 saturated heterocycles. The Hall–Kier alpha value is -0.340. The summed E-state index contributed by atoms with van der Waals surface area (Å²) in [6.45, 7) is 6.85. The van der Waals surface area contributed by atoms with E-state index in [1.165, 1.54) is 37.8 Å². The van der Waals surface area contributed by atoms with Crippen molar-refractivity contribution in [1.29, 1.82) is 0 Å². The van der Waals surface area contributed by atoms with Gasteiger partial charge in [0.15, 0.2) is 0 Å². The van der Waals surface area contributed by atoms with Gasteiger partial charge in [0.25, 0.3) is 0 Å². The molecule has 1 aromatic rings. The molecule has 0 unspecified atom stereocenters. The van der Waals surface area contributed by atoms with Crippen molar-refractivity contribution in [3.05, 3.63) is 22.4 Å². The number of rotatable bonds is 8. The Morgan fingerprint density at radius 3 is 2.80 bits per heavy atom. The van der Waals surface area contributed by atoms with Crippen molar-refractivity contribution in [3.63, 3.8) is 0 Å². The first-order valence-corrected chi connectivity index (χ1v) is 6.95. The Labute approximate surface area is 97.9 Å². The van der Waals surface area contributed by atoms with Crippen LogP contribution in [0, 0.1) is 5.92 Å². The molecule has 1 rings (SSSR count). The van der Waals surface area contributed by atoms with Crippen LogP contribution in [0.4, 0.5) is 0 Å². The largest absolute Gasteiger partial charge is 0.316 e. The van der Waals surface area contributed by atoms with E-state index in [-0.39, 0.29) is 0 Å². The maximum Gasteiger partial charge on any atom is -0.00258 e. The maximum absolute atomic E-state index is 3.48. The van der Waals surface area contributed by atoms with Crippen LogP contribution in [0.2, 0.25) is 0 Å². The van der Waals surface area contributed by atoms with Gasteiger partial charge >= 0.3 is 0 Å². The zero-order chi connectivity index (χ0) is 10.9. The second kappa shape index (κ2) is 7.89. The van der Waals surface area contributed by atoms with Crippen molar-refractivity contribution in [2.45, 2.75) is 39.5 Å². The first kappa shape index (κ1) is 12.7. The van der Waals surface area contributed by atoms with E-state index in [0.29, 0.717) is 0 Å². The molecule has 86 valence electrons. The van der Waals surface area contributed by atoms with Crippen LogP contribution >= 0.6 is 11.3 Å². The molecule has 0 fully saturated rings. The summed E-state index contributed by atoms with van der Waals surface area (Å²) in [4.78, 5) is 0. The predicted octanol–water partition coefficient (Wildman–Crippen LogP) is 3.71. The highest BCUT2D eigenvalue weighted by molar-refractivity contribution is 7.07. The molecule has 0 saturated carbocycles. The lowest BCUT2D eigenvalue weighted by atomic mass is 10.1. The number of hydrogen-bond acceptors (Lipinski definition) is 2. The number of unbranched alkanes of at least 4 members (excludes halogenated alkanes) is 2. The van der Waals surface area contributed by atoms with Gasteiger partial charge in [-0.25, -0.2) is 0 Å². The minimum atomic E-state index is 0.774. The average molecular weight is 225 g/mol. The fourth-order valence-corrected chi connectivity index (χ4v) is 2.28. The van der Waals surface area contributed by atoms with Gasteiger partial charge < -0.3 is 5.32 Å². The summed E-state index contributed by atoms with van der Waals surface area (Å²) in [6, 6.07) is 2.24. The van der Waals surface area contributed by atoms with Crippen LogP contribution in [0.3, 0.4) is 0 Å². The molecule has 0 aliphatic carbocycles. The first-order chi connectivity index (χ1) is 7.29. The molecule has 0 radical (unpaired) electrons. The summed E-state index contributed by atoms with van der Waals surface area (Å²) >= 11 is 1.80. The van der Waals surface area contributed by atoms with Crippen LogP contribution < -0.4 is 5.32 Å². The molecule has 1 aromatic heterocycles. The van der Waals surface area contributed by atoms with Gasteiger partial charge in [-0.2, -0.15) is 11.3 Å². The molecule has 1 nitrogen and oxygen atoms in total. The lowest BCUT2D eigenvalue weighted by molar-refractivity contribution is 0.530. The van der Waals surface area contributed by atoms with E-state index in [9.17, 15) is 0 Å². The van der Waals surface area contributed by atoms with Gasteiger partial charge in [-0.3, -0.25) is 0 Å². The topological polar surface area (TPSA) is 12.0 Å². The third-order valence-corrected chi connectivity index (χ3v) is 3.18. The van der Waals surface area contributed by atoms with Crippen LogP contribution in [0.5, 0.6) is 0 Å². The Morgan fingerprint density at radius 1 is 1.27 bits per heavy atom. The van der Waals surface area contributed by atoms with Crippen molar-refractivity contribution in [2.75, 3.05) is 13.1 Å². The van der Waals surface area contributed by atoms with Gasteiger partial charge in [-0.15, -0.1) is 0 Å². The number of thiophene rings is 1. The average Bonchev–Trinajstić information content (AvgIpc) is 2.68. The lowest BCUT2D eigenvalue weighted by Gasteiger charge is -2.06. The fraction of sp³-hybridized carbons (Fsp3) is 0.692. The molecule has 2 heteroatoms. The monoisotopic (exact) mass is 225 g/mol. The Bertz CT molecular complexity index is 229. The summed E-state index contributed by atoms with van der Waals surface area (Å²) < 4.78 is 0. The Kier molecular flexibility index (Phi) is 6.69. The van der Waals surface area contributed by atoms with Gasteiger partial charge in [0, 0.05) is 0 Å². The summed E-state index contributed by atoms with van der Waals surface area (Å²) in [7, 11) is 0. The molecule has 0 spiro atoms. The maximum atomic E-state index is 3.48. The molecule has 0 amide bonds. The summed E-state index contributed by atoms with van der Waals surface area (Å²) in [5.74, 6) is 0.774. The van der Waals surface area contributed by atoms with E-state index in [0.717, 1.165) is 12.5 Å². The summed E-state index contributed by atoms with van der Waals surface area (Å²) in [6.07, 6.45) is 5.26. The van der Waals surface area contributed by atoms with Crippen LogP contribution in [0.15, 0.2) is 16.8 Å². The van der Waals surface area contributed by atoms with E-state index in [4.69, 9.17) is 0 Å². The first-order valence-electron chi connectivity index (χ1n) is 6.01. The zero-order valence-corrected chi connectivity index (χ0v) is 10.8. The van der Waals surface area contributed by atoms with E-state index in [1.54, 1.807) is 11.3 Å². The minimum absolute atomic E-state index is 0.774. The van der Waals surface area contributed by atoms with Crippen LogP contribution in [-0.4, -0.2) is 13.1 Å². The highest BCUT2D eigenvalue weighted by Crippen LogP contribution is 2.10. The number of aryl methyl sites for hydroxylation is 1. The minimum Gasteiger partial charge on any atom is -0.316 e. The van der Waals surface area contributed by atoms with E-state index >= 15 is 0 Å². The van der Waals surface area contributed by atoms with Crippen molar-refractivity contribution < 1.29 is 0 Å². The van der Waals surface area contributed by atoms with Gasteiger partial charge in [0.1, 0.15) is 0 Å². The molecule has 1 N–H and O–H groups in total. The van der Waals surface area contributed by atoms with Gasteiger partial charge in [0.2, 0.25) is 0 Å². The SMILES string of the molecule is CC(C)CNCCCCCc1ccsc1. The van der Waals surface area contributed by atoms with Gasteiger partial charge in [0.05, 0.1) is 0 Å². The van der Waals surface area contributed by atoms with E-state index in [1.807, 2.05) is 0 Å². The molecule has 0 aromatic carbocycles.